The number of methoxy groups -OCH3 is 1. The molecule has 138 valence electrons. The summed E-state index contributed by atoms with van der Waals surface area (Å²) >= 11 is 0. The van der Waals surface area contributed by atoms with Crippen LogP contribution in [0.3, 0.4) is 0 Å². The SMILES string of the molecule is C\C=C(OCC1=CCC=C(OC)C=C1)/C(F)=C(F)\C=C\CCCCO. The van der Waals surface area contributed by atoms with E-state index < -0.39 is 11.7 Å². The summed E-state index contributed by atoms with van der Waals surface area (Å²) in [4.78, 5) is 0. The highest BCUT2D eigenvalue weighted by atomic mass is 19.2. The minimum atomic E-state index is -1.02. The van der Waals surface area contributed by atoms with Gasteiger partial charge in [0.15, 0.2) is 17.4 Å². The maximum Gasteiger partial charge on any atom is 0.200 e. The number of allylic oxidation sites excluding steroid dienone is 8. The highest BCUT2D eigenvalue weighted by Crippen LogP contribution is 2.22. The molecule has 0 radical (unpaired) electrons. The first-order chi connectivity index (χ1) is 12.1. The molecule has 1 aliphatic rings. The normalized spacial score (nSPS) is 16.3. The second kappa shape index (κ2) is 12.3. The van der Waals surface area contributed by atoms with Crippen molar-refractivity contribution >= 4 is 0 Å². The Morgan fingerprint density at radius 1 is 1.24 bits per heavy atom. The van der Waals surface area contributed by atoms with Crippen LogP contribution in [0, 0.1) is 0 Å². The van der Waals surface area contributed by atoms with Gasteiger partial charge >= 0.3 is 0 Å². The third kappa shape index (κ3) is 7.98. The summed E-state index contributed by atoms with van der Waals surface area (Å²) < 4.78 is 38.6. The second-order valence-corrected chi connectivity index (χ2v) is 5.38. The maximum absolute atomic E-state index is 14.1. The first-order valence-electron chi connectivity index (χ1n) is 8.35. The predicted octanol–water partition coefficient (Wildman–Crippen LogP) is 5.19. The molecular formula is C20H26F2O3. The molecule has 25 heavy (non-hydrogen) atoms. The van der Waals surface area contributed by atoms with Crippen molar-refractivity contribution in [1.82, 2.24) is 0 Å². The highest BCUT2D eigenvalue weighted by Gasteiger charge is 2.11. The van der Waals surface area contributed by atoms with E-state index in [0.717, 1.165) is 23.8 Å². The molecule has 0 bridgehead atoms. The van der Waals surface area contributed by atoms with Gasteiger partial charge in [-0.25, -0.2) is 4.39 Å². The average Bonchev–Trinajstić information content (AvgIpc) is 2.86. The van der Waals surface area contributed by atoms with Crippen molar-refractivity contribution in [3.8, 4) is 0 Å². The van der Waals surface area contributed by atoms with Crippen LogP contribution >= 0.6 is 0 Å². The van der Waals surface area contributed by atoms with Gasteiger partial charge in [-0.05, 0) is 62.5 Å². The third-order valence-corrected chi connectivity index (χ3v) is 3.52. The molecule has 1 rings (SSSR count). The van der Waals surface area contributed by atoms with Gasteiger partial charge in [0.25, 0.3) is 0 Å². The lowest BCUT2D eigenvalue weighted by Gasteiger charge is -2.09. The molecule has 0 saturated heterocycles. The first-order valence-corrected chi connectivity index (χ1v) is 8.35. The largest absolute Gasteiger partial charge is 0.497 e. The fraction of sp³-hybridized carbons (Fsp3) is 0.400. The topological polar surface area (TPSA) is 38.7 Å². The van der Waals surface area contributed by atoms with Crippen LogP contribution in [0.4, 0.5) is 8.78 Å². The Morgan fingerprint density at radius 2 is 2.04 bits per heavy atom. The van der Waals surface area contributed by atoms with E-state index in [-0.39, 0.29) is 19.0 Å². The van der Waals surface area contributed by atoms with Gasteiger partial charge in [-0.15, -0.1) is 0 Å². The lowest BCUT2D eigenvalue weighted by molar-refractivity contribution is 0.233. The summed E-state index contributed by atoms with van der Waals surface area (Å²) in [5, 5.41) is 8.67. The zero-order chi connectivity index (χ0) is 18.5. The van der Waals surface area contributed by atoms with Crippen LogP contribution < -0.4 is 0 Å². The number of hydrogen-bond donors (Lipinski definition) is 1. The molecule has 0 spiro atoms. The van der Waals surface area contributed by atoms with Gasteiger partial charge in [-0.3, -0.25) is 0 Å². The van der Waals surface area contributed by atoms with Gasteiger partial charge in [0.2, 0.25) is 0 Å². The molecule has 1 N–H and O–H groups in total. The van der Waals surface area contributed by atoms with Crippen LogP contribution in [0.1, 0.15) is 32.6 Å². The molecule has 0 aromatic rings. The molecular weight excluding hydrogens is 326 g/mol. The lowest BCUT2D eigenvalue weighted by Crippen LogP contribution is -1.99. The molecule has 0 aromatic heterocycles. The number of halogens is 2. The zero-order valence-corrected chi connectivity index (χ0v) is 14.8. The maximum atomic E-state index is 14.1. The summed E-state index contributed by atoms with van der Waals surface area (Å²) in [5.41, 5.74) is 0.857. The van der Waals surface area contributed by atoms with Gasteiger partial charge in [0.05, 0.1) is 7.11 Å². The van der Waals surface area contributed by atoms with Crippen molar-refractivity contribution in [3.05, 3.63) is 71.3 Å². The average molecular weight is 352 g/mol. The van der Waals surface area contributed by atoms with Crippen LogP contribution in [0.15, 0.2) is 71.3 Å². The van der Waals surface area contributed by atoms with E-state index in [1.165, 1.54) is 6.08 Å². The molecule has 0 atom stereocenters. The smallest absolute Gasteiger partial charge is 0.200 e. The monoisotopic (exact) mass is 352 g/mol. The fourth-order valence-electron chi connectivity index (χ4n) is 2.10. The van der Waals surface area contributed by atoms with E-state index >= 15 is 0 Å². The van der Waals surface area contributed by atoms with Crippen LogP contribution in [-0.4, -0.2) is 25.4 Å². The Kier molecular flexibility index (Phi) is 10.2. The molecule has 0 fully saturated rings. The minimum absolute atomic E-state index is 0.1000. The molecule has 0 aromatic carbocycles. The van der Waals surface area contributed by atoms with E-state index in [1.807, 2.05) is 18.2 Å². The molecule has 0 saturated carbocycles. The lowest BCUT2D eigenvalue weighted by atomic mass is 10.2. The van der Waals surface area contributed by atoms with Gasteiger partial charge in [0, 0.05) is 6.61 Å². The zero-order valence-electron chi connectivity index (χ0n) is 14.8. The van der Waals surface area contributed by atoms with Crippen LogP contribution in [-0.2, 0) is 9.47 Å². The van der Waals surface area contributed by atoms with Gasteiger partial charge in [0.1, 0.15) is 12.4 Å². The van der Waals surface area contributed by atoms with Crippen LogP contribution in [0.25, 0.3) is 0 Å². The summed E-state index contributed by atoms with van der Waals surface area (Å²) in [6.07, 6.45) is 14.2. The fourth-order valence-corrected chi connectivity index (χ4v) is 2.10. The van der Waals surface area contributed by atoms with Crippen molar-refractivity contribution in [3.63, 3.8) is 0 Å². The van der Waals surface area contributed by atoms with Gasteiger partial charge < -0.3 is 14.6 Å². The quantitative estimate of drug-likeness (QED) is 0.334. The van der Waals surface area contributed by atoms with Crippen LogP contribution in [0.5, 0.6) is 0 Å². The summed E-state index contributed by atoms with van der Waals surface area (Å²) in [7, 11) is 1.59. The molecule has 5 heteroatoms. The standard InChI is InChI=1S/C20H26F2O3/c1-3-19(20(22)18(21)11-6-4-5-7-14-23)25-15-16-9-8-10-17(24-2)13-12-16/h3,6,9-13,23H,4-5,7-8,14-15H2,1-2H3/b11-6+,19-3+,20-18-. The number of unbranched alkanes of at least 4 members (excludes halogenated alkanes) is 2. The number of aliphatic hydroxyl groups is 1. The Bertz CT molecular complexity index is 596. The number of rotatable bonds is 10. The third-order valence-electron chi connectivity index (χ3n) is 3.52. The van der Waals surface area contributed by atoms with Crippen LogP contribution in [0.2, 0.25) is 0 Å². The van der Waals surface area contributed by atoms with E-state index in [9.17, 15) is 8.78 Å². The predicted molar refractivity (Wildman–Crippen MR) is 96.0 cm³/mol. The highest BCUT2D eigenvalue weighted by molar-refractivity contribution is 5.32. The summed E-state index contributed by atoms with van der Waals surface area (Å²) in [6.45, 7) is 1.83. The Labute approximate surface area is 148 Å². The van der Waals surface area contributed by atoms with Crippen molar-refractivity contribution in [1.29, 1.82) is 0 Å². The summed E-state index contributed by atoms with van der Waals surface area (Å²) in [6, 6.07) is 0. The minimum Gasteiger partial charge on any atom is -0.497 e. The number of ether oxygens (including phenoxy) is 2. The Hall–Kier alpha value is -2.14. The first kappa shape index (κ1) is 20.9. The van der Waals surface area contributed by atoms with Crippen molar-refractivity contribution in [2.75, 3.05) is 20.3 Å². The summed E-state index contributed by atoms with van der Waals surface area (Å²) in [5.74, 6) is -1.36. The molecule has 0 unspecified atom stereocenters. The molecule has 0 amide bonds. The van der Waals surface area contributed by atoms with Crippen molar-refractivity contribution in [2.24, 2.45) is 0 Å². The van der Waals surface area contributed by atoms with E-state index in [2.05, 4.69) is 0 Å². The number of hydrogen-bond acceptors (Lipinski definition) is 3. The molecule has 0 aliphatic heterocycles. The van der Waals surface area contributed by atoms with E-state index in [4.69, 9.17) is 14.6 Å². The van der Waals surface area contributed by atoms with Crippen molar-refractivity contribution < 1.29 is 23.4 Å². The second-order valence-electron chi connectivity index (χ2n) is 5.38. The molecule has 1 aliphatic carbocycles. The number of aliphatic hydroxyl groups excluding tert-OH is 1. The van der Waals surface area contributed by atoms with E-state index in [0.29, 0.717) is 19.3 Å². The Balaban J connectivity index is 2.60. The molecule has 0 heterocycles. The van der Waals surface area contributed by atoms with E-state index in [1.54, 1.807) is 26.2 Å². The molecule has 3 nitrogen and oxygen atoms in total. The Morgan fingerprint density at radius 3 is 2.72 bits per heavy atom. The van der Waals surface area contributed by atoms with Gasteiger partial charge in [-0.1, -0.05) is 18.2 Å². The van der Waals surface area contributed by atoms with Crippen molar-refractivity contribution in [2.45, 2.75) is 32.6 Å². The van der Waals surface area contributed by atoms with Gasteiger partial charge in [-0.2, -0.15) is 4.39 Å².